The number of halogens is 1. The van der Waals surface area contributed by atoms with Crippen LogP contribution in [0.1, 0.15) is 23.0 Å². The van der Waals surface area contributed by atoms with Gasteiger partial charge in [-0.05, 0) is 59.3 Å². The van der Waals surface area contributed by atoms with Gasteiger partial charge in [0.15, 0.2) is 17.3 Å². The fourth-order valence-electron chi connectivity index (χ4n) is 2.58. The third-order valence-corrected chi connectivity index (χ3v) is 4.66. The predicted octanol–water partition coefficient (Wildman–Crippen LogP) is 4.12. The van der Waals surface area contributed by atoms with Crippen molar-refractivity contribution in [2.45, 2.75) is 6.92 Å². The lowest BCUT2D eigenvalue weighted by atomic mass is 10.2. The van der Waals surface area contributed by atoms with Crippen LogP contribution in [0.3, 0.4) is 0 Å². The number of nitro groups is 1. The summed E-state index contributed by atoms with van der Waals surface area (Å²) >= 11 is 2.13. The Morgan fingerprint density at radius 2 is 2.14 bits per heavy atom. The van der Waals surface area contributed by atoms with Crippen LogP contribution in [0.25, 0.3) is 11.0 Å². The zero-order valence-electron chi connectivity index (χ0n) is 15.5. The minimum Gasteiger partial charge on any atom is -0.493 e. The number of ether oxygens (including phenoxy) is 2. The van der Waals surface area contributed by atoms with Crippen molar-refractivity contribution in [3.05, 3.63) is 61.4 Å². The van der Waals surface area contributed by atoms with Crippen LogP contribution in [-0.4, -0.2) is 30.8 Å². The van der Waals surface area contributed by atoms with Gasteiger partial charge >= 0.3 is 5.91 Å². The normalized spacial score (nSPS) is 11.0. The van der Waals surface area contributed by atoms with Crippen LogP contribution in [0, 0.1) is 13.7 Å². The van der Waals surface area contributed by atoms with Gasteiger partial charge in [-0.25, -0.2) is 5.43 Å². The van der Waals surface area contributed by atoms with Crippen molar-refractivity contribution in [1.82, 2.24) is 5.43 Å². The minimum atomic E-state index is -0.576. The number of carbonyl (C=O) groups excluding carboxylic acids is 1. The van der Waals surface area contributed by atoms with Gasteiger partial charge in [-0.15, -0.1) is 0 Å². The van der Waals surface area contributed by atoms with E-state index in [1.54, 1.807) is 13.2 Å². The number of nitro benzene ring substituents is 1. The molecule has 3 aromatic rings. The Kier molecular flexibility index (Phi) is 6.32. The second kappa shape index (κ2) is 8.90. The second-order valence-corrected chi connectivity index (χ2v) is 6.92. The highest BCUT2D eigenvalue weighted by Crippen LogP contribution is 2.33. The number of furan rings is 1. The number of rotatable bonds is 7. The van der Waals surface area contributed by atoms with Crippen LogP contribution in [0.2, 0.25) is 0 Å². The fourth-order valence-corrected chi connectivity index (χ4v) is 3.36. The third-order valence-electron chi connectivity index (χ3n) is 3.85. The van der Waals surface area contributed by atoms with Gasteiger partial charge in [0.05, 0.1) is 28.4 Å². The molecule has 0 saturated carbocycles. The summed E-state index contributed by atoms with van der Waals surface area (Å²) in [6.07, 6.45) is 1.46. The smallest absolute Gasteiger partial charge is 0.307 e. The first-order valence-corrected chi connectivity index (χ1v) is 9.52. The van der Waals surface area contributed by atoms with E-state index in [1.807, 2.05) is 13.0 Å². The molecule has 10 heteroatoms. The monoisotopic (exact) mass is 509 g/mol. The number of fused-ring (bicyclic) bond motifs is 1. The van der Waals surface area contributed by atoms with Crippen LogP contribution in [0.4, 0.5) is 5.69 Å². The van der Waals surface area contributed by atoms with Gasteiger partial charge in [0.25, 0.3) is 5.69 Å². The van der Waals surface area contributed by atoms with E-state index in [0.29, 0.717) is 34.6 Å². The summed E-state index contributed by atoms with van der Waals surface area (Å²) in [4.78, 5) is 22.6. The topological polar surface area (TPSA) is 116 Å². The molecular weight excluding hydrogens is 493 g/mol. The van der Waals surface area contributed by atoms with Gasteiger partial charge in [0.2, 0.25) is 0 Å². The summed E-state index contributed by atoms with van der Waals surface area (Å²) < 4.78 is 17.2. The van der Waals surface area contributed by atoms with E-state index < -0.39 is 10.8 Å². The molecule has 0 unspecified atom stereocenters. The lowest BCUT2D eigenvalue weighted by Gasteiger charge is -2.11. The van der Waals surface area contributed by atoms with Crippen LogP contribution in [0.15, 0.2) is 45.9 Å². The molecule has 1 amide bonds. The summed E-state index contributed by atoms with van der Waals surface area (Å²) in [5, 5.41) is 15.2. The average Bonchev–Trinajstić information content (AvgIpc) is 3.13. The molecule has 0 bridgehead atoms. The van der Waals surface area contributed by atoms with E-state index >= 15 is 0 Å². The van der Waals surface area contributed by atoms with Crippen molar-refractivity contribution in [2.75, 3.05) is 13.7 Å². The molecule has 3 rings (SSSR count). The molecule has 29 heavy (non-hydrogen) atoms. The second-order valence-electron chi connectivity index (χ2n) is 5.76. The van der Waals surface area contributed by atoms with Crippen LogP contribution in [-0.2, 0) is 0 Å². The molecule has 1 N–H and O–H groups in total. The number of hydrogen-bond donors (Lipinski definition) is 1. The summed E-state index contributed by atoms with van der Waals surface area (Å²) in [7, 11) is 1.54. The molecule has 0 aliphatic rings. The largest absolute Gasteiger partial charge is 0.493 e. The number of nitrogens with zero attached hydrogens (tertiary/aromatic N) is 2. The van der Waals surface area contributed by atoms with Gasteiger partial charge < -0.3 is 13.9 Å². The van der Waals surface area contributed by atoms with Gasteiger partial charge in [-0.1, -0.05) is 0 Å². The van der Waals surface area contributed by atoms with Gasteiger partial charge in [-0.3, -0.25) is 14.9 Å². The Bertz CT molecular complexity index is 1110. The molecule has 0 saturated heterocycles. The SMILES string of the molecule is CCOc1c(I)cc(/C=N\NC(=O)c2cc3cc([N+](=O)[O-])ccc3o2)cc1OC. The summed E-state index contributed by atoms with van der Waals surface area (Å²) in [5.74, 6) is 0.628. The van der Waals surface area contributed by atoms with Crippen molar-refractivity contribution < 1.29 is 23.6 Å². The number of non-ortho nitro benzene ring substituents is 1. The predicted molar refractivity (Wildman–Crippen MR) is 115 cm³/mol. The van der Waals surface area contributed by atoms with E-state index in [4.69, 9.17) is 13.9 Å². The third kappa shape index (κ3) is 4.65. The zero-order valence-corrected chi connectivity index (χ0v) is 17.6. The van der Waals surface area contributed by atoms with E-state index in [0.717, 1.165) is 3.57 Å². The van der Waals surface area contributed by atoms with E-state index in [9.17, 15) is 14.9 Å². The first-order chi connectivity index (χ1) is 13.9. The number of hydrogen-bond acceptors (Lipinski definition) is 7. The summed E-state index contributed by atoms with van der Waals surface area (Å²) in [5.41, 5.74) is 3.36. The van der Waals surface area contributed by atoms with Crippen LogP contribution < -0.4 is 14.9 Å². The van der Waals surface area contributed by atoms with Crippen molar-refractivity contribution in [1.29, 1.82) is 0 Å². The minimum absolute atomic E-state index is 0.00324. The standard InChI is InChI=1S/C19H16IN3O6/c1-3-28-18-14(20)6-11(7-16(18)27-2)10-21-22-19(24)17-9-12-8-13(23(25)26)4-5-15(12)29-17/h4-10H,3H2,1-2H3,(H,22,24)/b21-10-. The Balaban J connectivity index is 1.75. The average molecular weight is 509 g/mol. The molecule has 150 valence electrons. The summed E-state index contributed by atoms with van der Waals surface area (Å²) in [6.45, 7) is 2.40. The molecule has 0 aliphatic heterocycles. The summed E-state index contributed by atoms with van der Waals surface area (Å²) in [6, 6.07) is 9.10. The molecule has 0 aliphatic carbocycles. The first-order valence-electron chi connectivity index (χ1n) is 8.44. The number of carbonyl (C=O) groups is 1. The molecule has 0 spiro atoms. The lowest BCUT2D eigenvalue weighted by molar-refractivity contribution is -0.384. The maximum Gasteiger partial charge on any atom is 0.307 e. The van der Waals surface area contributed by atoms with Gasteiger partial charge in [0.1, 0.15) is 5.58 Å². The highest BCUT2D eigenvalue weighted by Gasteiger charge is 2.15. The maximum atomic E-state index is 12.3. The Morgan fingerprint density at radius 1 is 1.34 bits per heavy atom. The molecule has 0 radical (unpaired) electrons. The number of hydrazone groups is 1. The highest BCUT2D eigenvalue weighted by molar-refractivity contribution is 14.1. The number of amides is 1. The quantitative estimate of drug-likeness (QED) is 0.222. The molecule has 0 fully saturated rings. The first kappa shape index (κ1) is 20.6. The Hall–Kier alpha value is -3.15. The van der Waals surface area contributed by atoms with Crippen LogP contribution >= 0.6 is 22.6 Å². The number of benzene rings is 2. The Labute approximate surface area is 179 Å². The molecule has 0 atom stereocenters. The van der Waals surface area contributed by atoms with E-state index in [-0.39, 0.29) is 11.4 Å². The highest BCUT2D eigenvalue weighted by atomic mass is 127. The van der Waals surface area contributed by atoms with Crippen molar-refractivity contribution >= 4 is 51.4 Å². The fraction of sp³-hybridized carbons (Fsp3) is 0.158. The van der Waals surface area contributed by atoms with Crippen molar-refractivity contribution in [2.24, 2.45) is 5.10 Å². The Morgan fingerprint density at radius 3 is 2.83 bits per heavy atom. The molecule has 9 nitrogen and oxygen atoms in total. The number of nitrogens with one attached hydrogen (secondary N) is 1. The van der Waals surface area contributed by atoms with E-state index in [2.05, 4.69) is 33.1 Å². The number of methoxy groups -OCH3 is 1. The molecular formula is C19H16IN3O6. The van der Waals surface area contributed by atoms with Crippen LogP contribution in [0.5, 0.6) is 11.5 Å². The van der Waals surface area contributed by atoms with E-state index in [1.165, 1.54) is 30.5 Å². The van der Waals surface area contributed by atoms with Gasteiger partial charge in [-0.2, -0.15) is 5.10 Å². The lowest BCUT2D eigenvalue weighted by Crippen LogP contribution is -2.16. The van der Waals surface area contributed by atoms with Crippen molar-refractivity contribution in [3.63, 3.8) is 0 Å². The maximum absolute atomic E-state index is 12.3. The molecule has 1 aromatic heterocycles. The molecule has 1 heterocycles. The van der Waals surface area contributed by atoms with Gasteiger partial charge in [0, 0.05) is 17.5 Å². The molecule has 2 aromatic carbocycles. The van der Waals surface area contributed by atoms with Crippen molar-refractivity contribution in [3.8, 4) is 11.5 Å². The zero-order chi connectivity index (χ0) is 21.0.